The van der Waals surface area contributed by atoms with E-state index in [-0.39, 0.29) is 6.61 Å². The second-order valence-electron chi connectivity index (χ2n) is 4.72. The quantitative estimate of drug-likeness (QED) is 0.639. The molecule has 2 aliphatic heterocycles. The normalized spacial score (nSPS) is 42.7. The lowest BCUT2D eigenvalue weighted by Gasteiger charge is -2.45. The first-order valence-corrected chi connectivity index (χ1v) is 6.18. The van der Waals surface area contributed by atoms with Gasteiger partial charge in [0.1, 0.15) is 24.4 Å². The van der Waals surface area contributed by atoms with Gasteiger partial charge in [-0.05, 0) is 0 Å². The Bertz CT molecular complexity index is 422. The number of fused-ring (bicyclic) bond motifs is 1. The van der Waals surface area contributed by atoms with Crippen molar-refractivity contribution in [3.05, 3.63) is 35.9 Å². The SMILES string of the molecule is O[C@H]1[C@H](O)[C@@H](O)O[C@H]2COC(c3ccccc3)O[C@H]12. The van der Waals surface area contributed by atoms with Crippen LogP contribution in [0.25, 0.3) is 0 Å². The van der Waals surface area contributed by atoms with Crippen LogP contribution >= 0.6 is 0 Å². The molecule has 6 atom stereocenters. The maximum absolute atomic E-state index is 9.94. The van der Waals surface area contributed by atoms with Crippen LogP contribution in [0.15, 0.2) is 30.3 Å². The topological polar surface area (TPSA) is 88.4 Å². The molecule has 0 bridgehead atoms. The molecule has 1 unspecified atom stereocenters. The van der Waals surface area contributed by atoms with Crippen molar-refractivity contribution in [1.29, 1.82) is 0 Å². The summed E-state index contributed by atoms with van der Waals surface area (Å²) < 4.78 is 16.3. The number of hydrogen-bond donors (Lipinski definition) is 3. The van der Waals surface area contributed by atoms with E-state index in [4.69, 9.17) is 14.2 Å². The van der Waals surface area contributed by atoms with Crippen molar-refractivity contribution in [2.75, 3.05) is 6.61 Å². The van der Waals surface area contributed by atoms with E-state index >= 15 is 0 Å². The zero-order valence-corrected chi connectivity index (χ0v) is 10.1. The Balaban J connectivity index is 1.75. The lowest BCUT2D eigenvalue weighted by molar-refractivity contribution is -0.354. The first kappa shape index (κ1) is 13.0. The molecule has 1 aromatic carbocycles. The van der Waals surface area contributed by atoms with Crippen molar-refractivity contribution in [2.45, 2.75) is 37.0 Å². The second kappa shape index (κ2) is 5.16. The molecule has 2 aliphatic rings. The predicted molar refractivity (Wildman–Crippen MR) is 62.9 cm³/mol. The van der Waals surface area contributed by atoms with Crippen molar-refractivity contribution < 1.29 is 29.5 Å². The van der Waals surface area contributed by atoms with Gasteiger partial charge in [0, 0.05) is 5.56 Å². The molecule has 6 heteroatoms. The number of benzene rings is 1. The van der Waals surface area contributed by atoms with Gasteiger partial charge in [-0.25, -0.2) is 0 Å². The van der Waals surface area contributed by atoms with E-state index < -0.39 is 37.0 Å². The Morgan fingerprint density at radius 1 is 0.947 bits per heavy atom. The molecular formula is C13H16O6. The number of aliphatic hydroxyl groups is 3. The molecule has 2 fully saturated rings. The van der Waals surface area contributed by atoms with E-state index in [9.17, 15) is 15.3 Å². The molecule has 0 aliphatic carbocycles. The monoisotopic (exact) mass is 268 g/mol. The number of aliphatic hydroxyl groups excluding tert-OH is 3. The maximum Gasteiger partial charge on any atom is 0.184 e. The molecule has 104 valence electrons. The van der Waals surface area contributed by atoms with Gasteiger partial charge in [0.2, 0.25) is 0 Å². The first-order chi connectivity index (χ1) is 9.16. The number of hydrogen-bond acceptors (Lipinski definition) is 6. The summed E-state index contributed by atoms with van der Waals surface area (Å²) in [4.78, 5) is 0. The molecular weight excluding hydrogens is 252 g/mol. The van der Waals surface area contributed by atoms with Crippen LogP contribution in [0.3, 0.4) is 0 Å². The lowest BCUT2D eigenvalue weighted by Crippen LogP contribution is -2.61. The fourth-order valence-electron chi connectivity index (χ4n) is 2.37. The Morgan fingerprint density at radius 3 is 2.42 bits per heavy atom. The van der Waals surface area contributed by atoms with Gasteiger partial charge >= 0.3 is 0 Å². The van der Waals surface area contributed by atoms with Crippen LogP contribution in [0.2, 0.25) is 0 Å². The molecule has 0 aromatic heterocycles. The van der Waals surface area contributed by atoms with E-state index in [1.54, 1.807) is 0 Å². The third-order valence-corrected chi connectivity index (χ3v) is 3.42. The van der Waals surface area contributed by atoms with E-state index in [2.05, 4.69) is 0 Å². The van der Waals surface area contributed by atoms with Crippen LogP contribution in [0.1, 0.15) is 11.9 Å². The molecule has 3 N–H and O–H groups in total. The van der Waals surface area contributed by atoms with E-state index in [0.717, 1.165) is 5.56 Å². The Hall–Kier alpha value is -1.02. The first-order valence-electron chi connectivity index (χ1n) is 6.18. The van der Waals surface area contributed by atoms with Crippen molar-refractivity contribution in [3.8, 4) is 0 Å². The average molecular weight is 268 g/mol. The second-order valence-corrected chi connectivity index (χ2v) is 4.72. The molecule has 0 spiro atoms. The van der Waals surface area contributed by atoms with Crippen LogP contribution < -0.4 is 0 Å². The third-order valence-electron chi connectivity index (χ3n) is 3.42. The molecule has 6 nitrogen and oxygen atoms in total. The summed E-state index contributed by atoms with van der Waals surface area (Å²) in [5.74, 6) is 0. The highest BCUT2D eigenvalue weighted by Gasteiger charge is 2.48. The molecule has 3 rings (SSSR count). The van der Waals surface area contributed by atoms with Crippen molar-refractivity contribution in [1.82, 2.24) is 0 Å². The minimum absolute atomic E-state index is 0.186. The van der Waals surface area contributed by atoms with E-state index in [0.29, 0.717) is 0 Å². The predicted octanol–water partition coefficient (Wildman–Crippen LogP) is -0.460. The lowest BCUT2D eigenvalue weighted by atomic mass is 9.98. The molecule has 0 saturated carbocycles. The number of rotatable bonds is 1. The molecule has 2 saturated heterocycles. The van der Waals surface area contributed by atoms with Gasteiger partial charge in [-0.15, -0.1) is 0 Å². The fourth-order valence-corrected chi connectivity index (χ4v) is 2.37. The Labute approximate surface area is 110 Å². The Kier molecular flexibility index (Phi) is 3.53. The van der Waals surface area contributed by atoms with Gasteiger partial charge in [0.15, 0.2) is 12.6 Å². The highest BCUT2D eigenvalue weighted by atomic mass is 16.7. The molecule has 1 aromatic rings. The highest BCUT2D eigenvalue weighted by Crippen LogP contribution is 2.33. The van der Waals surface area contributed by atoms with Gasteiger partial charge in [-0.2, -0.15) is 0 Å². The zero-order chi connectivity index (χ0) is 13.4. The summed E-state index contributed by atoms with van der Waals surface area (Å²) in [6.07, 6.45) is -5.93. The van der Waals surface area contributed by atoms with Crippen molar-refractivity contribution in [2.24, 2.45) is 0 Å². The van der Waals surface area contributed by atoms with Crippen molar-refractivity contribution in [3.63, 3.8) is 0 Å². The summed E-state index contributed by atoms with van der Waals surface area (Å²) >= 11 is 0. The summed E-state index contributed by atoms with van der Waals surface area (Å²) in [6.45, 7) is 0.186. The third kappa shape index (κ3) is 2.38. The van der Waals surface area contributed by atoms with Crippen LogP contribution in [0.5, 0.6) is 0 Å². The van der Waals surface area contributed by atoms with Gasteiger partial charge in [0.25, 0.3) is 0 Å². The van der Waals surface area contributed by atoms with Gasteiger partial charge in [-0.1, -0.05) is 30.3 Å². The fraction of sp³-hybridized carbons (Fsp3) is 0.538. The average Bonchev–Trinajstić information content (AvgIpc) is 2.46. The zero-order valence-electron chi connectivity index (χ0n) is 10.1. The molecule has 2 heterocycles. The van der Waals surface area contributed by atoms with Crippen molar-refractivity contribution >= 4 is 0 Å². The smallest absolute Gasteiger partial charge is 0.184 e. The minimum atomic E-state index is -1.42. The molecule has 0 radical (unpaired) electrons. The highest BCUT2D eigenvalue weighted by molar-refractivity contribution is 5.16. The summed E-state index contributed by atoms with van der Waals surface area (Å²) in [6, 6.07) is 9.31. The summed E-state index contributed by atoms with van der Waals surface area (Å²) in [5, 5.41) is 29.0. The van der Waals surface area contributed by atoms with Crippen LogP contribution in [-0.2, 0) is 14.2 Å². The molecule has 19 heavy (non-hydrogen) atoms. The number of ether oxygens (including phenoxy) is 3. The van der Waals surface area contributed by atoms with Crippen LogP contribution in [0, 0.1) is 0 Å². The summed E-state index contributed by atoms with van der Waals surface area (Å²) in [7, 11) is 0. The standard InChI is InChI=1S/C13H16O6/c14-9-10(15)12(16)18-8-6-17-13(19-11(8)9)7-4-2-1-3-5-7/h1-5,8-16H,6H2/t8-,9-,10-,11-,12-,13?/m0/s1. The summed E-state index contributed by atoms with van der Waals surface area (Å²) in [5.41, 5.74) is 0.828. The van der Waals surface area contributed by atoms with Gasteiger partial charge in [0.05, 0.1) is 6.61 Å². The maximum atomic E-state index is 9.94. The van der Waals surface area contributed by atoms with E-state index in [1.807, 2.05) is 30.3 Å². The van der Waals surface area contributed by atoms with Crippen LogP contribution in [-0.4, -0.2) is 52.6 Å². The van der Waals surface area contributed by atoms with Gasteiger partial charge < -0.3 is 29.5 Å². The minimum Gasteiger partial charge on any atom is -0.387 e. The largest absolute Gasteiger partial charge is 0.387 e. The molecule has 0 amide bonds. The van der Waals surface area contributed by atoms with Gasteiger partial charge in [-0.3, -0.25) is 0 Å². The van der Waals surface area contributed by atoms with Crippen LogP contribution in [0.4, 0.5) is 0 Å². The Morgan fingerprint density at radius 2 is 1.68 bits per heavy atom. The van der Waals surface area contributed by atoms with E-state index in [1.165, 1.54) is 0 Å².